The molecule has 0 radical (unpaired) electrons. The highest BCUT2D eigenvalue weighted by Gasteiger charge is 2.27. The largest absolute Gasteiger partial charge is 0.494 e. The fourth-order valence-electron chi connectivity index (χ4n) is 4.03. The van der Waals surface area contributed by atoms with Crippen LogP contribution in [-0.2, 0) is 7.05 Å². The van der Waals surface area contributed by atoms with Crippen LogP contribution in [0.15, 0.2) is 35.1 Å². The van der Waals surface area contributed by atoms with Crippen molar-refractivity contribution in [3.63, 3.8) is 0 Å². The van der Waals surface area contributed by atoms with E-state index in [1.807, 2.05) is 18.2 Å². The molecule has 5 rings (SSSR count). The molecule has 1 saturated heterocycles. The number of nitrogen functional groups attached to an aromatic ring is 1. The van der Waals surface area contributed by atoms with Crippen molar-refractivity contribution in [1.82, 2.24) is 29.4 Å². The molecule has 2 N–H and O–H groups in total. The summed E-state index contributed by atoms with van der Waals surface area (Å²) >= 11 is 0. The van der Waals surface area contributed by atoms with Crippen LogP contribution in [0.25, 0.3) is 16.6 Å². The average molecular weight is 406 g/mol. The number of benzene rings is 1. The van der Waals surface area contributed by atoms with Crippen LogP contribution in [0.1, 0.15) is 24.6 Å². The maximum atomic E-state index is 11.7. The summed E-state index contributed by atoms with van der Waals surface area (Å²) in [5.41, 5.74) is 7.39. The maximum Gasteiger partial charge on any atom is 0.266 e. The molecule has 1 aliphatic heterocycles. The van der Waals surface area contributed by atoms with Crippen LogP contribution in [0.4, 0.5) is 11.8 Å². The molecular weight excluding hydrogens is 384 g/mol. The van der Waals surface area contributed by atoms with Gasteiger partial charge in [0, 0.05) is 37.5 Å². The monoisotopic (exact) mass is 406 g/mol. The zero-order valence-electron chi connectivity index (χ0n) is 16.8. The van der Waals surface area contributed by atoms with Crippen molar-refractivity contribution in [2.75, 3.05) is 30.8 Å². The minimum atomic E-state index is -0.125. The molecule has 30 heavy (non-hydrogen) atoms. The number of piperidine rings is 1. The van der Waals surface area contributed by atoms with Gasteiger partial charge in [0.1, 0.15) is 17.1 Å². The molecule has 0 bridgehead atoms. The van der Waals surface area contributed by atoms with Gasteiger partial charge < -0.3 is 15.4 Å². The zero-order chi connectivity index (χ0) is 20.8. The van der Waals surface area contributed by atoms with Gasteiger partial charge in [0.25, 0.3) is 5.56 Å². The Labute approximate surface area is 171 Å². The lowest BCUT2D eigenvalue weighted by Gasteiger charge is -2.32. The van der Waals surface area contributed by atoms with Crippen LogP contribution >= 0.6 is 0 Å². The number of fused-ring (bicyclic) bond motifs is 3. The predicted octanol–water partition coefficient (Wildman–Crippen LogP) is 1.35. The van der Waals surface area contributed by atoms with Gasteiger partial charge in [-0.2, -0.15) is 9.61 Å². The van der Waals surface area contributed by atoms with Crippen molar-refractivity contribution < 1.29 is 4.74 Å². The maximum absolute atomic E-state index is 11.7. The van der Waals surface area contributed by atoms with Crippen LogP contribution in [0.2, 0.25) is 0 Å². The van der Waals surface area contributed by atoms with E-state index in [0.717, 1.165) is 43.0 Å². The van der Waals surface area contributed by atoms with E-state index < -0.39 is 0 Å². The van der Waals surface area contributed by atoms with Crippen molar-refractivity contribution in [3.05, 3.63) is 46.5 Å². The third-order valence-corrected chi connectivity index (χ3v) is 5.58. The number of methoxy groups -OCH3 is 1. The van der Waals surface area contributed by atoms with Crippen molar-refractivity contribution in [2.24, 2.45) is 7.05 Å². The van der Waals surface area contributed by atoms with E-state index in [2.05, 4.69) is 20.1 Å². The number of aryl methyl sites for hydroxylation is 1. The first-order valence-corrected chi connectivity index (χ1v) is 9.83. The van der Waals surface area contributed by atoms with Gasteiger partial charge >= 0.3 is 0 Å². The minimum absolute atomic E-state index is 0.123. The molecule has 3 aromatic heterocycles. The highest BCUT2D eigenvalue weighted by atomic mass is 16.5. The third-order valence-electron chi connectivity index (χ3n) is 5.58. The normalized spacial score (nSPS) is 17.0. The van der Waals surface area contributed by atoms with Gasteiger partial charge in [-0.15, -0.1) is 5.10 Å². The second kappa shape index (κ2) is 6.97. The van der Waals surface area contributed by atoms with E-state index in [0.29, 0.717) is 16.9 Å². The molecule has 10 nitrogen and oxygen atoms in total. The standard InChI is InChI=1S/C20H22N8O2/c1-26-16(29)9-8-15(24-26)27-10-4-5-12(11-27)18-23-19-13-6-3-7-14(30-2)17(13)22-20(21)28(19)25-18/h3,6-9,12H,4-5,10-11H2,1-2H3,(H2,21,22)/t12-/m1/s1. The highest BCUT2D eigenvalue weighted by Crippen LogP contribution is 2.31. The Morgan fingerprint density at radius 1 is 1.17 bits per heavy atom. The number of hydrogen-bond donors (Lipinski definition) is 1. The van der Waals surface area contributed by atoms with Gasteiger partial charge in [-0.05, 0) is 31.0 Å². The molecule has 0 saturated carbocycles. The van der Waals surface area contributed by atoms with Crippen LogP contribution in [-0.4, -0.2) is 49.6 Å². The van der Waals surface area contributed by atoms with Gasteiger partial charge in [0.15, 0.2) is 11.5 Å². The summed E-state index contributed by atoms with van der Waals surface area (Å²) < 4.78 is 8.38. The predicted molar refractivity (Wildman–Crippen MR) is 113 cm³/mol. The SMILES string of the molecule is COc1cccc2c1nc(N)n1nc([C@@H]3CCCN(c4ccc(=O)n(C)n4)C3)nc21. The van der Waals surface area contributed by atoms with Crippen molar-refractivity contribution in [2.45, 2.75) is 18.8 Å². The van der Waals surface area contributed by atoms with E-state index in [9.17, 15) is 4.79 Å². The fourth-order valence-corrected chi connectivity index (χ4v) is 4.03. The Morgan fingerprint density at radius 3 is 2.83 bits per heavy atom. The number of para-hydroxylation sites is 1. The molecule has 0 spiro atoms. The summed E-state index contributed by atoms with van der Waals surface area (Å²) in [4.78, 5) is 23.1. The molecule has 154 valence electrons. The Morgan fingerprint density at radius 2 is 2.03 bits per heavy atom. The van der Waals surface area contributed by atoms with Gasteiger partial charge in [0.2, 0.25) is 5.95 Å². The van der Waals surface area contributed by atoms with Gasteiger partial charge in [-0.25, -0.2) is 14.6 Å². The molecule has 4 aromatic rings. The van der Waals surface area contributed by atoms with Crippen molar-refractivity contribution in [1.29, 1.82) is 0 Å². The number of aromatic nitrogens is 6. The molecule has 0 unspecified atom stereocenters. The van der Waals surface area contributed by atoms with Gasteiger partial charge in [-0.3, -0.25) is 4.79 Å². The molecule has 0 aliphatic carbocycles. The lowest BCUT2D eigenvalue weighted by Crippen LogP contribution is -2.36. The van der Waals surface area contributed by atoms with E-state index in [-0.39, 0.29) is 17.4 Å². The van der Waals surface area contributed by atoms with Gasteiger partial charge in [0.05, 0.1) is 7.11 Å². The third kappa shape index (κ3) is 2.92. The van der Waals surface area contributed by atoms with Gasteiger partial charge in [-0.1, -0.05) is 6.07 Å². The molecule has 1 fully saturated rings. The summed E-state index contributed by atoms with van der Waals surface area (Å²) in [6, 6.07) is 9.01. The Bertz CT molecular complexity index is 1310. The number of nitrogens with zero attached hydrogens (tertiary/aromatic N) is 7. The van der Waals surface area contributed by atoms with Crippen LogP contribution in [0.3, 0.4) is 0 Å². The highest BCUT2D eigenvalue weighted by molar-refractivity contribution is 5.95. The molecule has 1 atom stereocenters. The number of nitrogens with two attached hydrogens (primary N) is 1. The van der Waals surface area contributed by atoms with E-state index in [1.165, 1.54) is 4.68 Å². The topological polar surface area (TPSA) is 116 Å². The summed E-state index contributed by atoms with van der Waals surface area (Å²) in [6.45, 7) is 1.59. The Balaban J connectivity index is 1.54. The Hall–Kier alpha value is -3.69. The summed E-state index contributed by atoms with van der Waals surface area (Å²) in [7, 11) is 3.27. The van der Waals surface area contributed by atoms with Crippen LogP contribution < -0.4 is 20.9 Å². The first kappa shape index (κ1) is 18.3. The minimum Gasteiger partial charge on any atom is -0.494 e. The number of ether oxygens (including phenoxy) is 1. The number of rotatable bonds is 3. The fraction of sp³-hybridized carbons (Fsp3) is 0.350. The number of hydrogen-bond acceptors (Lipinski definition) is 8. The lowest BCUT2D eigenvalue weighted by atomic mass is 9.97. The molecule has 1 aliphatic rings. The van der Waals surface area contributed by atoms with Crippen LogP contribution in [0, 0.1) is 0 Å². The van der Waals surface area contributed by atoms with E-state index in [4.69, 9.17) is 15.5 Å². The quantitative estimate of drug-likeness (QED) is 0.542. The molecule has 10 heteroatoms. The average Bonchev–Trinajstić information content (AvgIpc) is 3.22. The Kier molecular flexibility index (Phi) is 4.27. The first-order chi connectivity index (χ1) is 14.5. The second-order valence-corrected chi connectivity index (χ2v) is 7.47. The zero-order valence-corrected chi connectivity index (χ0v) is 16.8. The lowest BCUT2D eigenvalue weighted by molar-refractivity contribution is 0.419. The first-order valence-electron chi connectivity index (χ1n) is 9.83. The summed E-state index contributed by atoms with van der Waals surface area (Å²) in [5, 5.41) is 9.90. The van der Waals surface area contributed by atoms with Crippen molar-refractivity contribution >= 4 is 28.3 Å². The second-order valence-electron chi connectivity index (χ2n) is 7.47. The molecule has 0 amide bonds. The smallest absolute Gasteiger partial charge is 0.266 e. The molecular formula is C20H22N8O2. The van der Waals surface area contributed by atoms with Crippen molar-refractivity contribution in [3.8, 4) is 5.75 Å². The summed E-state index contributed by atoms with van der Waals surface area (Å²) in [5.74, 6) is 2.55. The molecule has 1 aromatic carbocycles. The van der Waals surface area contributed by atoms with Crippen LogP contribution in [0.5, 0.6) is 5.75 Å². The summed E-state index contributed by atoms with van der Waals surface area (Å²) in [6.07, 6.45) is 1.95. The van der Waals surface area contributed by atoms with E-state index in [1.54, 1.807) is 30.8 Å². The number of anilines is 2. The molecule has 4 heterocycles. The van der Waals surface area contributed by atoms with E-state index >= 15 is 0 Å².